The molecule has 1 fully saturated rings. The van der Waals surface area contributed by atoms with E-state index >= 15 is 0 Å². The Morgan fingerprint density at radius 2 is 2.12 bits per heavy atom. The van der Waals surface area contributed by atoms with Gasteiger partial charge in [-0.25, -0.2) is 14.1 Å². The van der Waals surface area contributed by atoms with E-state index in [1.807, 2.05) is 6.92 Å². The minimum absolute atomic E-state index is 0.0193. The molecule has 0 radical (unpaired) electrons. The lowest BCUT2D eigenvalue weighted by Crippen LogP contribution is -2.45. The molecule has 0 aliphatic carbocycles. The minimum atomic E-state index is -0.314. The number of piperidine rings is 1. The van der Waals surface area contributed by atoms with E-state index in [1.165, 1.54) is 25.0 Å². The zero-order valence-electron chi connectivity index (χ0n) is 15.6. The number of amides is 1. The van der Waals surface area contributed by atoms with Crippen molar-refractivity contribution in [3.63, 3.8) is 0 Å². The second-order valence-electron chi connectivity index (χ2n) is 7.25. The Morgan fingerprint density at radius 3 is 2.81 bits per heavy atom. The second kappa shape index (κ2) is 7.95. The van der Waals surface area contributed by atoms with E-state index in [1.54, 1.807) is 23.7 Å². The lowest BCUT2D eigenvalue weighted by atomic mass is 10.00. The first-order chi connectivity index (χ1) is 12.4. The highest BCUT2D eigenvalue weighted by Crippen LogP contribution is 2.15. The molecule has 2 unspecified atom stereocenters. The molecule has 6 nitrogen and oxygen atoms in total. The summed E-state index contributed by atoms with van der Waals surface area (Å²) in [7, 11) is 0. The number of carbonyl (C=O) groups excluding carboxylic acids is 1. The molecule has 0 spiro atoms. The predicted octanol–water partition coefficient (Wildman–Crippen LogP) is 2.57. The fourth-order valence-electron chi connectivity index (χ4n) is 3.49. The molecule has 26 heavy (non-hydrogen) atoms. The van der Waals surface area contributed by atoms with Gasteiger partial charge < -0.3 is 10.2 Å². The Morgan fingerprint density at radius 1 is 1.38 bits per heavy atom. The van der Waals surface area contributed by atoms with E-state index in [4.69, 9.17) is 0 Å². The summed E-state index contributed by atoms with van der Waals surface area (Å²) in [6.45, 7) is 9.03. The predicted molar refractivity (Wildman–Crippen MR) is 97.8 cm³/mol. The molecular formula is C19H26FN5O. The Hall–Kier alpha value is -2.28. The summed E-state index contributed by atoms with van der Waals surface area (Å²) in [6.07, 6.45) is 2.49. The van der Waals surface area contributed by atoms with Crippen LogP contribution in [0.4, 0.5) is 4.39 Å². The van der Waals surface area contributed by atoms with Gasteiger partial charge in [0.25, 0.3) is 5.91 Å². The highest BCUT2D eigenvalue weighted by molar-refractivity contribution is 5.90. The normalized spacial score (nSPS) is 19.3. The van der Waals surface area contributed by atoms with Gasteiger partial charge in [-0.3, -0.25) is 4.79 Å². The van der Waals surface area contributed by atoms with Crippen molar-refractivity contribution in [3.8, 4) is 5.69 Å². The Kier molecular flexibility index (Phi) is 5.66. The monoisotopic (exact) mass is 359 g/mol. The van der Waals surface area contributed by atoms with E-state index in [2.05, 4.69) is 27.2 Å². The molecule has 7 heteroatoms. The van der Waals surface area contributed by atoms with Crippen molar-refractivity contribution in [2.75, 3.05) is 19.6 Å². The molecule has 2 heterocycles. The number of halogens is 1. The third-order valence-electron chi connectivity index (χ3n) is 4.69. The summed E-state index contributed by atoms with van der Waals surface area (Å²) >= 11 is 0. The first-order valence-electron chi connectivity index (χ1n) is 9.15. The number of nitrogens with one attached hydrogen (secondary N) is 1. The van der Waals surface area contributed by atoms with Crippen molar-refractivity contribution >= 4 is 5.91 Å². The molecule has 1 saturated heterocycles. The summed E-state index contributed by atoms with van der Waals surface area (Å²) in [5.74, 6) is 0.823. The molecule has 1 N–H and O–H groups in total. The van der Waals surface area contributed by atoms with Crippen LogP contribution in [0.25, 0.3) is 5.69 Å². The van der Waals surface area contributed by atoms with Gasteiger partial charge in [-0.2, -0.15) is 0 Å². The maximum absolute atomic E-state index is 13.1. The molecule has 2 aromatic rings. The maximum Gasteiger partial charge on any atom is 0.291 e. The molecule has 1 aliphatic heterocycles. The van der Waals surface area contributed by atoms with Gasteiger partial charge in [-0.15, -0.1) is 5.10 Å². The van der Waals surface area contributed by atoms with Crippen LogP contribution in [0.3, 0.4) is 0 Å². The van der Waals surface area contributed by atoms with Gasteiger partial charge >= 0.3 is 0 Å². The number of rotatable bonds is 5. The third kappa shape index (κ3) is 4.46. The van der Waals surface area contributed by atoms with Gasteiger partial charge in [0.05, 0.1) is 5.69 Å². The van der Waals surface area contributed by atoms with Crippen LogP contribution >= 0.6 is 0 Å². The summed E-state index contributed by atoms with van der Waals surface area (Å²) in [4.78, 5) is 19.1. The average molecular weight is 359 g/mol. The standard InChI is InChI=1S/C19H26FN5O/c1-13-5-4-10-24(11-13)12-14(2)21-19(26)18-22-15(3)25(23-18)17-8-6-16(20)7-9-17/h6-9,13-14H,4-5,10-12H2,1-3H3,(H,21,26). The molecule has 1 aliphatic rings. The smallest absolute Gasteiger partial charge is 0.291 e. The first kappa shape index (κ1) is 18.5. The first-order valence-corrected chi connectivity index (χ1v) is 9.15. The Balaban J connectivity index is 1.62. The maximum atomic E-state index is 13.1. The third-order valence-corrected chi connectivity index (χ3v) is 4.69. The number of benzene rings is 1. The second-order valence-corrected chi connectivity index (χ2v) is 7.25. The number of aryl methyl sites for hydroxylation is 1. The van der Waals surface area contributed by atoms with Crippen LogP contribution in [-0.2, 0) is 0 Å². The molecule has 3 rings (SSSR count). The number of aromatic nitrogens is 3. The van der Waals surface area contributed by atoms with Crippen LogP contribution in [-0.4, -0.2) is 51.2 Å². The molecule has 140 valence electrons. The van der Waals surface area contributed by atoms with E-state index in [-0.39, 0.29) is 23.6 Å². The highest BCUT2D eigenvalue weighted by Gasteiger charge is 2.21. The molecule has 1 amide bonds. The van der Waals surface area contributed by atoms with Crippen molar-refractivity contribution in [3.05, 3.63) is 41.7 Å². The van der Waals surface area contributed by atoms with Crippen LogP contribution in [0.5, 0.6) is 0 Å². The zero-order chi connectivity index (χ0) is 18.7. The van der Waals surface area contributed by atoms with Gasteiger partial charge in [0.1, 0.15) is 11.6 Å². The molecule has 1 aromatic heterocycles. The van der Waals surface area contributed by atoms with Gasteiger partial charge in [0.2, 0.25) is 5.82 Å². The molecular weight excluding hydrogens is 333 g/mol. The topological polar surface area (TPSA) is 63.1 Å². The van der Waals surface area contributed by atoms with E-state index < -0.39 is 0 Å². The van der Waals surface area contributed by atoms with Crippen LogP contribution in [0.15, 0.2) is 24.3 Å². The summed E-state index contributed by atoms with van der Waals surface area (Å²) in [5.41, 5.74) is 0.672. The summed E-state index contributed by atoms with van der Waals surface area (Å²) in [6, 6.07) is 5.96. The van der Waals surface area contributed by atoms with Crippen LogP contribution in [0.1, 0.15) is 43.1 Å². The Labute approximate surface area is 153 Å². The SMILES string of the molecule is Cc1nc(C(=O)NC(C)CN2CCCC(C)C2)nn1-c1ccc(F)cc1. The largest absolute Gasteiger partial charge is 0.346 e. The van der Waals surface area contributed by atoms with Crippen LogP contribution in [0.2, 0.25) is 0 Å². The lowest BCUT2D eigenvalue weighted by molar-refractivity contribution is 0.0909. The quantitative estimate of drug-likeness (QED) is 0.891. The summed E-state index contributed by atoms with van der Waals surface area (Å²) in [5, 5.41) is 7.26. The van der Waals surface area contributed by atoms with Gasteiger partial charge in [0, 0.05) is 19.1 Å². The minimum Gasteiger partial charge on any atom is -0.346 e. The van der Waals surface area contributed by atoms with Crippen molar-refractivity contribution in [1.29, 1.82) is 0 Å². The number of carbonyl (C=O) groups is 1. The average Bonchev–Trinajstić information content (AvgIpc) is 2.97. The molecule has 2 atom stereocenters. The van der Waals surface area contributed by atoms with Crippen LogP contribution < -0.4 is 5.32 Å². The number of nitrogens with zero attached hydrogens (tertiary/aromatic N) is 4. The lowest BCUT2D eigenvalue weighted by Gasteiger charge is -2.32. The van der Waals surface area contributed by atoms with E-state index in [9.17, 15) is 9.18 Å². The van der Waals surface area contributed by atoms with Crippen LogP contribution in [0, 0.1) is 18.7 Å². The zero-order valence-corrected chi connectivity index (χ0v) is 15.6. The fourth-order valence-corrected chi connectivity index (χ4v) is 3.49. The number of likely N-dealkylation sites (tertiary alicyclic amines) is 1. The van der Waals surface area contributed by atoms with E-state index in [0.717, 1.165) is 19.6 Å². The fraction of sp³-hybridized carbons (Fsp3) is 0.526. The Bertz CT molecular complexity index is 758. The number of hydrogen-bond acceptors (Lipinski definition) is 4. The van der Waals surface area contributed by atoms with Crippen molar-refractivity contribution in [1.82, 2.24) is 25.0 Å². The van der Waals surface area contributed by atoms with Gasteiger partial charge in [-0.1, -0.05) is 6.92 Å². The van der Waals surface area contributed by atoms with Gasteiger partial charge in [-0.05, 0) is 63.4 Å². The van der Waals surface area contributed by atoms with Crippen molar-refractivity contribution in [2.24, 2.45) is 5.92 Å². The van der Waals surface area contributed by atoms with E-state index in [0.29, 0.717) is 17.4 Å². The highest BCUT2D eigenvalue weighted by atomic mass is 19.1. The molecule has 1 aromatic carbocycles. The number of hydrogen-bond donors (Lipinski definition) is 1. The van der Waals surface area contributed by atoms with Gasteiger partial charge in [0.15, 0.2) is 0 Å². The van der Waals surface area contributed by atoms with Crippen molar-refractivity contribution < 1.29 is 9.18 Å². The van der Waals surface area contributed by atoms with Crippen molar-refractivity contribution in [2.45, 2.75) is 39.7 Å². The molecule has 0 saturated carbocycles. The summed E-state index contributed by atoms with van der Waals surface area (Å²) < 4.78 is 14.6. The molecule has 0 bridgehead atoms.